The Morgan fingerprint density at radius 2 is 1.79 bits per heavy atom. The molecule has 0 atom stereocenters. The number of rotatable bonds is 3. The van der Waals surface area contributed by atoms with E-state index in [1.54, 1.807) is 16.3 Å². The van der Waals surface area contributed by atoms with E-state index in [4.69, 9.17) is 10.7 Å². The zero-order chi connectivity index (χ0) is 16.9. The third-order valence-electron chi connectivity index (χ3n) is 3.85. The van der Waals surface area contributed by atoms with Crippen molar-refractivity contribution in [2.75, 3.05) is 23.7 Å². The van der Waals surface area contributed by atoms with Gasteiger partial charge in [0, 0.05) is 24.1 Å². The third-order valence-corrected chi connectivity index (χ3v) is 4.87. The summed E-state index contributed by atoms with van der Waals surface area (Å²) in [7, 11) is 0. The van der Waals surface area contributed by atoms with Crippen LogP contribution in [-0.2, 0) is 0 Å². The van der Waals surface area contributed by atoms with Gasteiger partial charge in [0.05, 0.1) is 11.1 Å². The van der Waals surface area contributed by atoms with Crippen molar-refractivity contribution in [2.45, 2.75) is 36.5 Å². The number of hydrogen-bond acceptors (Lipinski definition) is 5. The molecule has 3 heterocycles. The van der Waals surface area contributed by atoms with Gasteiger partial charge in [-0.1, -0.05) is 43.8 Å². The topological polar surface area (TPSA) is 59.5 Å². The highest BCUT2D eigenvalue weighted by Gasteiger charge is 2.17. The number of benzene rings is 1. The molecule has 2 N–H and O–H groups in total. The molecule has 0 spiro atoms. The van der Waals surface area contributed by atoms with E-state index in [0.29, 0.717) is 5.82 Å². The van der Waals surface area contributed by atoms with Gasteiger partial charge in [0.2, 0.25) is 0 Å². The predicted molar refractivity (Wildman–Crippen MR) is 101 cm³/mol. The quantitative estimate of drug-likeness (QED) is 0.777. The summed E-state index contributed by atoms with van der Waals surface area (Å²) in [5, 5.41) is 4.37. The molecule has 5 nitrogen and oxygen atoms in total. The molecule has 6 heteroatoms. The fraction of sp³-hybridized carbons (Fsp3) is 0.333. The van der Waals surface area contributed by atoms with Gasteiger partial charge in [0.15, 0.2) is 5.65 Å². The van der Waals surface area contributed by atoms with Crippen molar-refractivity contribution in [3.8, 4) is 0 Å². The van der Waals surface area contributed by atoms with E-state index in [0.717, 1.165) is 29.5 Å². The van der Waals surface area contributed by atoms with Gasteiger partial charge in [0.1, 0.15) is 11.6 Å². The van der Waals surface area contributed by atoms with Crippen LogP contribution in [0.4, 0.5) is 11.6 Å². The molecule has 2 aromatic heterocycles. The Morgan fingerprint density at radius 1 is 1.08 bits per heavy atom. The maximum Gasteiger partial charge on any atom is 0.173 e. The molecule has 126 valence electrons. The molecule has 1 aliphatic heterocycles. The van der Waals surface area contributed by atoms with Crippen LogP contribution in [0.1, 0.15) is 26.7 Å². The van der Waals surface area contributed by atoms with Crippen molar-refractivity contribution in [1.29, 1.82) is 0 Å². The number of nitrogens with two attached hydrogens (primary N) is 1. The van der Waals surface area contributed by atoms with Gasteiger partial charge in [0.25, 0.3) is 0 Å². The highest BCUT2D eigenvalue weighted by molar-refractivity contribution is 7.99. The fourth-order valence-corrected chi connectivity index (χ4v) is 3.62. The summed E-state index contributed by atoms with van der Waals surface area (Å²) in [5.41, 5.74) is 6.99. The van der Waals surface area contributed by atoms with Crippen molar-refractivity contribution < 1.29 is 0 Å². The van der Waals surface area contributed by atoms with Crippen LogP contribution >= 0.6 is 11.8 Å². The Balaban J connectivity index is 0.000000815. The number of aromatic nitrogens is 3. The Hall–Kier alpha value is -2.21. The predicted octanol–water partition coefficient (Wildman–Crippen LogP) is 4.09. The first-order valence-corrected chi connectivity index (χ1v) is 9.25. The number of fused-ring (bicyclic) bond motifs is 1. The van der Waals surface area contributed by atoms with Crippen molar-refractivity contribution in [3.05, 3.63) is 42.6 Å². The number of hydrogen-bond donors (Lipinski definition) is 1. The summed E-state index contributed by atoms with van der Waals surface area (Å²) >= 11 is 1.66. The molecule has 1 fully saturated rings. The van der Waals surface area contributed by atoms with E-state index in [2.05, 4.69) is 22.1 Å². The first kappa shape index (κ1) is 16.6. The Labute approximate surface area is 146 Å². The summed E-state index contributed by atoms with van der Waals surface area (Å²) < 4.78 is 1.71. The van der Waals surface area contributed by atoms with Crippen LogP contribution in [0.3, 0.4) is 0 Å². The summed E-state index contributed by atoms with van der Waals surface area (Å²) in [6, 6.07) is 12.2. The van der Waals surface area contributed by atoms with Crippen molar-refractivity contribution in [2.24, 2.45) is 0 Å². The number of nitrogens with zero attached hydrogens (tertiary/aromatic N) is 4. The highest BCUT2D eigenvalue weighted by atomic mass is 32.2. The zero-order valence-electron chi connectivity index (χ0n) is 14.1. The SMILES string of the molecule is CC.Nc1cc(N2CCCC2)nc2c(Sc3ccccc3)cnn12. The number of anilines is 2. The average molecular weight is 341 g/mol. The lowest BCUT2D eigenvalue weighted by Gasteiger charge is -2.17. The van der Waals surface area contributed by atoms with Crippen molar-refractivity contribution in [3.63, 3.8) is 0 Å². The first-order chi connectivity index (χ1) is 11.8. The standard InChI is InChI=1S/C16H17N5S.C2H6/c17-14-10-15(20-8-4-5-9-20)19-16-13(11-18-21(14)16)22-12-6-2-1-3-7-12;1-2/h1-3,6-7,10-11H,4-5,8-9,17H2;1-2H3. The monoisotopic (exact) mass is 341 g/mol. The van der Waals surface area contributed by atoms with Gasteiger partial charge in [-0.25, -0.2) is 4.98 Å². The Morgan fingerprint density at radius 3 is 2.50 bits per heavy atom. The lowest BCUT2D eigenvalue weighted by molar-refractivity contribution is 0.905. The van der Waals surface area contributed by atoms with Gasteiger partial charge in [-0.3, -0.25) is 0 Å². The number of nitrogen functional groups attached to an aromatic ring is 1. The second-order valence-electron chi connectivity index (χ2n) is 5.39. The minimum atomic E-state index is 0.631. The summed E-state index contributed by atoms with van der Waals surface area (Å²) in [6.07, 6.45) is 4.28. The molecule has 4 rings (SSSR count). The van der Waals surface area contributed by atoms with E-state index >= 15 is 0 Å². The maximum absolute atomic E-state index is 6.16. The van der Waals surface area contributed by atoms with Gasteiger partial charge >= 0.3 is 0 Å². The average Bonchev–Trinajstić information content (AvgIpc) is 3.28. The molecule has 1 aliphatic rings. The Bertz CT molecular complexity index is 794. The lowest BCUT2D eigenvalue weighted by atomic mass is 10.4. The van der Waals surface area contributed by atoms with Crippen molar-refractivity contribution >= 4 is 29.0 Å². The summed E-state index contributed by atoms with van der Waals surface area (Å²) in [6.45, 7) is 6.11. The second-order valence-corrected chi connectivity index (χ2v) is 6.51. The van der Waals surface area contributed by atoms with Crippen LogP contribution in [0.2, 0.25) is 0 Å². The van der Waals surface area contributed by atoms with E-state index in [1.807, 2.05) is 44.3 Å². The smallest absolute Gasteiger partial charge is 0.173 e. The van der Waals surface area contributed by atoms with E-state index in [9.17, 15) is 0 Å². The van der Waals surface area contributed by atoms with Crippen LogP contribution in [-0.4, -0.2) is 27.7 Å². The molecule has 0 unspecified atom stereocenters. The summed E-state index contributed by atoms with van der Waals surface area (Å²) in [4.78, 5) is 9.29. The molecule has 0 amide bonds. The van der Waals surface area contributed by atoms with Crippen LogP contribution in [0.25, 0.3) is 5.65 Å². The molecule has 0 bridgehead atoms. The molecule has 0 radical (unpaired) electrons. The minimum Gasteiger partial charge on any atom is -0.383 e. The zero-order valence-corrected chi connectivity index (χ0v) is 15.0. The molecule has 0 saturated carbocycles. The third kappa shape index (κ3) is 3.33. The molecule has 1 aromatic carbocycles. The van der Waals surface area contributed by atoms with Crippen LogP contribution in [0, 0.1) is 0 Å². The van der Waals surface area contributed by atoms with Gasteiger partial charge in [-0.05, 0) is 25.0 Å². The van der Waals surface area contributed by atoms with E-state index < -0.39 is 0 Å². The lowest BCUT2D eigenvalue weighted by Crippen LogP contribution is -2.20. The van der Waals surface area contributed by atoms with Crippen LogP contribution in [0.5, 0.6) is 0 Å². The molecule has 24 heavy (non-hydrogen) atoms. The van der Waals surface area contributed by atoms with Gasteiger partial charge < -0.3 is 10.6 Å². The van der Waals surface area contributed by atoms with E-state index in [-0.39, 0.29) is 0 Å². The normalized spacial score (nSPS) is 13.8. The van der Waals surface area contributed by atoms with Crippen LogP contribution in [0.15, 0.2) is 52.4 Å². The first-order valence-electron chi connectivity index (χ1n) is 8.43. The molecule has 1 saturated heterocycles. The molecule has 3 aromatic rings. The van der Waals surface area contributed by atoms with Crippen molar-refractivity contribution in [1.82, 2.24) is 14.6 Å². The largest absolute Gasteiger partial charge is 0.383 e. The van der Waals surface area contributed by atoms with Gasteiger partial charge in [-0.2, -0.15) is 9.61 Å². The Kier molecular flexibility index (Phi) is 5.25. The fourth-order valence-electron chi connectivity index (χ4n) is 2.75. The molecule has 0 aliphatic carbocycles. The maximum atomic E-state index is 6.16. The second kappa shape index (κ2) is 7.57. The van der Waals surface area contributed by atoms with Crippen LogP contribution < -0.4 is 10.6 Å². The van der Waals surface area contributed by atoms with Gasteiger partial charge in [-0.15, -0.1) is 0 Å². The molecular weight excluding hydrogens is 318 g/mol. The summed E-state index contributed by atoms with van der Waals surface area (Å²) in [5.74, 6) is 1.59. The minimum absolute atomic E-state index is 0.631. The molecular formula is C18H23N5S. The van der Waals surface area contributed by atoms with E-state index in [1.165, 1.54) is 17.7 Å². The highest BCUT2D eigenvalue weighted by Crippen LogP contribution is 2.32.